The van der Waals surface area contributed by atoms with Crippen LogP contribution >= 0.6 is 0 Å². The molecule has 0 spiro atoms. The number of aromatic nitrogens is 2. The van der Waals surface area contributed by atoms with E-state index in [2.05, 4.69) is 15.4 Å². The fourth-order valence-electron chi connectivity index (χ4n) is 2.50. The molecule has 0 fully saturated rings. The minimum atomic E-state index is -0.469. The summed E-state index contributed by atoms with van der Waals surface area (Å²) in [6.45, 7) is 2.73. The summed E-state index contributed by atoms with van der Waals surface area (Å²) < 4.78 is 10.6. The number of amides is 1. The summed E-state index contributed by atoms with van der Waals surface area (Å²) in [5, 5.41) is 0. The maximum absolute atomic E-state index is 12.3. The SMILES string of the molecule is CCOc1ccc(-c2cncc(C(=O)NOCc3cccc(OC)c3)n2)cc1. The van der Waals surface area contributed by atoms with E-state index in [1.165, 1.54) is 6.20 Å². The first kappa shape index (κ1) is 19.3. The van der Waals surface area contributed by atoms with Gasteiger partial charge < -0.3 is 9.47 Å². The zero-order chi connectivity index (χ0) is 19.8. The van der Waals surface area contributed by atoms with Gasteiger partial charge in [-0.05, 0) is 48.9 Å². The van der Waals surface area contributed by atoms with Gasteiger partial charge in [0.2, 0.25) is 0 Å². The zero-order valence-electron chi connectivity index (χ0n) is 15.7. The van der Waals surface area contributed by atoms with Crippen molar-refractivity contribution in [1.29, 1.82) is 0 Å². The number of benzene rings is 2. The van der Waals surface area contributed by atoms with Gasteiger partial charge in [-0.1, -0.05) is 12.1 Å². The Morgan fingerprint density at radius 3 is 2.64 bits per heavy atom. The molecular weight excluding hydrogens is 358 g/mol. The highest BCUT2D eigenvalue weighted by Gasteiger charge is 2.10. The number of hydroxylamine groups is 1. The molecule has 0 unspecified atom stereocenters. The largest absolute Gasteiger partial charge is 0.497 e. The van der Waals surface area contributed by atoms with Crippen LogP contribution in [0.4, 0.5) is 0 Å². The van der Waals surface area contributed by atoms with Crippen LogP contribution in [0.15, 0.2) is 60.9 Å². The Hall–Kier alpha value is -3.45. The van der Waals surface area contributed by atoms with Crippen LogP contribution in [0.25, 0.3) is 11.3 Å². The third kappa shape index (κ3) is 5.05. The third-order valence-electron chi connectivity index (χ3n) is 3.87. The van der Waals surface area contributed by atoms with Gasteiger partial charge in [0, 0.05) is 5.56 Å². The first-order valence-electron chi connectivity index (χ1n) is 8.80. The topological polar surface area (TPSA) is 82.6 Å². The van der Waals surface area contributed by atoms with E-state index < -0.39 is 5.91 Å². The van der Waals surface area contributed by atoms with Crippen LogP contribution in [0.1, 0.15) is 23.0 Å². The fraction of sp³-hybridized carbons (Fsp3) is 0.190. The summed E-state index contributed by atoms with van der Waals surface area (Å²) in [6.07, 6.45) is 2.99. The van der Waals surface area contributed by atoms with Crippen molar-refractivity contribution in [2.75, 3.05) is 13.7 Å². The molecule has 0 saturated heterocycles. The van der Waals surface area contributed by atoms with E-state index in [0.29, 0.717) is 12.3 Å². The number of rotatable bonds is 8. The van der Waals surface area contributed by atoms with E-state index in [1.807, 2.05) is 55.5 Å². The van der Waals surface area contributed by atoms with Crippen LogP contribution in [0.3, 0.4) is 0 Å². The quantitative estimate of drug-likeness (QED) is 0.604. The van der Waals surface area contributed by atoms with Gasteiger partial charge >= 0.3 is 0 Å². The van der Waals surface area contributed by atoms with Gasteiger partial charge in [0.25, 0.3) is 5.91 Å². The van der Waals surface area contributed by atoms with E-state index in [9.17, 15) is 4.79 Å². The van der Waals surface area contributed by atoms with Gasteiger partial charge in [0.15, 0.2) is 0 Å². The Morgan fingerprint density at radius 1 is 1.07 bits per heavy atom. The molecule has 3 aromatic rings. The summed E-state index contributed by atoms with van der Waals surface area (Å²) in [7, 11) is 1.60. The van der Waals surface area contributed by atoms with Crippen LogP contribution < -0.4 is 15.0 Å². The number of hydrogen-bond donors (Lipinski definition) is 1. The van der Waals surface area contributed by atoms with Crippen molar-refractivity contribution in [3.05, 3.63) is 72.2 Å². The normalized spacial score (nSPS) is 10.4. The van der Waals surface area contributed by atoms with Crippen molar-refractivity contribution in [3.63, 3.8) is 0 Å². The molecular formula is C21H21N3O4. The third-order valence-corrected chi connectivity index (χ3v) is 3.87. The van der Waals surface area contributed by atoms with Crippen LogP contribution in [-0.2, 0) is 11.4 Å². The molecule has 0 aliphatic rings. The molecule has 1 aromatic heterocycles. The molecule has 0 aliphatic heterocycles. The van der Waals surface area contributed by atoms with Crippen LogP contribution in [0.5, 0.6) is 11.5 Å². The van der Waals surface area contributed by atoms with Gasteiger partial charge in [-0.3, -0.25) is 14.6 Å². The van der Waals surface area contributed by atoms with E-state index >= 15 is 0 Å². The Labute approximate surface area is 163 Å². The standard InChI is InChI=1S/C21H21N3O4/c1-3-27-17-9-7-16(8-10-17)19-12-22-13-20(23-19)21(25)24-28-14-15-5-4-6-18(11-15)26-2/h4-13H,3,14H2,1-2H3,(H,24,25). The molecule has 0 bridgehead atoms. The molecule has 144 valence electrons. The van der Waals surface area contributed by atoms with Crippen molar-refractivity contribution in [1.82, 2.24) is 15.4 Å². The number of methoxy groups -OCH3 is 1. The summed E-state index contributed by atoms with van der Waals surface area (Å²) in [5.74, 6) is 1.03. The highest BCUT2D eigenvalue weighted by molar-refractivity contribution is 5.91. The van der Waals surface area contributed by atoms with Crippen molar-refractivity contribution >= 4 is 5.91 Å². The second kappa shape index (κ2) is 9.48. The number of carbonyl (C=O) groups excluding carboxylic acids is 1. The molecule has 1 N–H and O–H groups in total. The van der Waals surface area contributed by atoms with Gasteiger partial charge in [0.05, 0.1) is 38.4 Å². The van der Waals surface area contributed by atoms with Crippen molar-refractivity contribution in [2.45, 2.75) is 13.5 Å². The number of carbonyl (C=O) groups is 1. The van der Waals surface area contributed by atoms with Gasteiger partial charge in [0.1, 0.15) is 17.2 Å². The summed E-state index contributed by atoms with van der Waals surface area (Å²) >= 11 is 0. The first-order valence-corrected chi connectivity index (χ1v) is 8.80. The fourth-order valence-corrected chi connectivity index (χ4v) is 2.50. The Kier molecular flexibility index (Phi) is 6.54. The molecule has 3 rings (SSSR count). The molecule has 1 amide bonds. The van der Waals surface area contributed by atoms with Crippen LogP contribution in [-0.4, -0.2) is 29.6 Å². The van der Waals surface area contributed by atoms with E-state index in [0.717, 1.165) is 22.6 Å². The van der Waals surface area contributed by atoms with E-state index in [4.69, 9.17) is 14.3 Å². The van der Waals surface area contributed by atoms with Crippen LogP contribution in [0, 0.1) is 0 Å². The van der Waals surface area contributed by atoms with Gasteiger partial charge in [-0.15, -0.1) is 0 Å². The molecule has 0 atom stereocenters. The molecule has 0 saturated carbocycles. The maximum atomic E-state index is 12.3. The van der Waals surface area contributed by atoms with Gasteiger partial charge in [-0.25, -0.2) is 10.5 Å². The monoisotopic (exact) mass is 379 g/mol. The zero-order valence-corrected chi connectivity index (χ0v) is 15.7. The second-order valence-electron chi connectivity index (χ2n) is 5.82. The first-order chi connectivity index (χ1) is 13.7. The lowest BCUT2D eigenvalue weighted by atomic mass is 10.1. The Morgan fingerprint density at radius 2 is 1.89 bits per heavy atom. The molecule has 7 nitrogen and oxygen atoms in total. The molecule has 2 aromatic carbocycles. The van der Waals surface area contributed by atoms with Crippen molar-refractivity contribution in [3.8, 4) is 22.8 Å². The highest BCUT2D eigenvalue weighted by Crippen LogP contribution is 2.20. The number of nitrogens with one attached hydrogen (secondary N) is 1. The number of nitrogens with zero attached hydrogens (tertiary/aromatic N) is 2. The van der Waals surface area contributed by atoms with E-state index in [-0.39, 0.29) is 12.3 Å². The number of hydrogen-bond acceptors (Lipinski definition) is 6. The molecule has 0 aliphatic carbocycles. The lowest BCUT2D eigenvalue weighted by molar-refractivity contribution is 0.0228. The van der Waals surface area contributed by atoms with Gasteiger partial charge in [-0.2, -0.15) is 0 Å². The Balaban J connectivity index is 1.61. The number of ether oxygens (including phenoxy) is 2. The van der Waals surface area contributed by atoms with Crippen molar-refractivity contribution < 1.29 is 19.1 Å². The van der Waals surface area contributed by atoms with Crippen molar-refractivity contribution in [2.24, 2.45) is 0 Å². The molecule has 28 heavy (non-hydrogen) atoms. The minimum absolute atomic E-state index is 0.164. The second-order valence-corrected chi connectivity index (χ2v) is 5.82. The molecule has 1 heterocycles. The predicted octanol–water partition coefficient (Wildman–Crippen LogP) is 3.41. The maximum Gasteiger partial charge on any atom is 0.295 e. The average Bonchev–Trinajstić information content (AvgIpc) is 2.75. The molecule has 7 heteroatoms. The van der Waals surface area contributed by atoms with Crippen LogP contribution in [0.2, 0.25) is 0 Å². The lowest BCUT2D eigenvalue weighted by Gasteiger charge is -2.08. The predicted molar refractivity (Wildman–Crippen MR) is 104 cm³/mol. The minimum Gasteiger partial charge on any atom is -0.497 e. The average molecular weight is 379 g/mol. The highest BCUT2D eigenvalue weighted by atomic mass is 16.6. The lowest BCUT2D eigenvalue weighted by Crippen LogP contribution is -2.24. The van der Waals surface area contributed by atoms with E-state index in [1.54, 1.807) is 13.3 Å². The Bertz CT molecular complexity index is 929. The smallest absolute Gasteiger partial charge is 0.295 e. The summed E-state index contributed by atoms with van der Waals surface area (Å²) in [5.41, 5.74) is 4.84. The summed E-state index contributed by atoms with van der Waals surface area (Å²) in [6, 6.07) is 14.8. The molecule has 0 radical (unpaired) electrons. The summed E-state index contributed by atoms with van der Waals surface area (Å²) in [4.78, 5) is 26.0.